The van der Waals surface area contributed by atoms with Gasteiger partial charge in [0.2, 0.25) is 0 Å². The lowest BCUT2D eigenvalue weighted by atomic mass is 10.1. The summed E-state index contributed by atoms with van der Waals surface area (Å²) in [5.41, 5.74) is 0.793. The van der Waals surface area contributed by atoms with E-state index in [0.29, 0.717) is 11.1 Å². The molecule has 0 aromatic heterocycles. The fourth-order valence-corrected chi connectivity index (χ4v) is 0.698. The lowest BCUT2D eigenvalue weighted by Gasteiger charge is -2.02. The molecule has 0 spiro atoms. The summed E-state index contributed by atoms with van der Waals surface area (Å²) in [5, 5.41) is 8.44. The molecule has 0 saturated carbocycles. The van der Waals surface area contributed by atoms with E-state index in [9.17, 15) is 9.59 Å². The third kappa shape index (κ3) is 4.10. The van der Waals surface area contributed by atoms with Crippen LogP contribution in [0.25, 0.3) is 0 Å². The summed E-state index contributed by atoms with van der Waals surface area (Å²) >= 11 is 0. The number of carboxylic acid groups (broad SMARTS) is 1. The van der Waals surface area contributed by atoms with E-state index in [1.807, 2.05) is 0 Å². The first kappa shape index (κ1) is 11.4. The Hall–Kier alpha value is -1.58. The first-order valence-electron chi connectivity index (χ1n) is 3.69. The molecule has 0 amide bonds. The van der Waals surface area contributed by atoms with Gasteiger partial charge in [0.1, 0.15) is 0 Å². The minimum Gasteiger partial charge on any atom is -0.481 e. The molecule has 0 radical (unpaired) electrons. The van der Waals surface area contributed by atoms with E-state index in [0.717, 1.165) is 6.26 Å². The molecular weight excluding hydrogens is 172 g/mol. The van der Waals surface area contributed by atoms with Gasteiger partial charge in [-0.2, -0.15) is 0 Å². The van der Waals surface area contributed by atoms with Gasteiger partial charge in [0.15, 0.2) is 0 Å². The summed E-state index contributed by atoms with van der Waals surface area (Å²) in [6, 6.07) is 0. The van der Waals surface area contributed by atoms with Crippen LogP contribution < -0.4 is 0 Å². The Balaban J connectivity index is 4.50. The number of esters is 1. The highest BCUT2D eigenvalue weighted by Crippen LogP contribution is 2.09. The summed E-state index contributed by atoms with van der Waals surface area (Å²) < 4.78 is 4.48. The summed E-state index contributed by atoms with van der Waals surface area (Å²) in [7, 11) is 0. The van der Waals surface area contributed by atoms with Gasteiger partial charge in [0.05, 0.1) is 12.7 Å². The van der Waals surface area contributed by atoms with Crippen molar-refractivity contribution in [1.82, 2.24) is 0 Å². The first-order valence-corrected chi connectivity index (χ1v) is 3.69. The van der Waals surface area contributed by atoms with Crippen molar-refractivity contribution in [1.29, 1.82) is 0 Å². The predicted octanol–water partition coefficient (Wildman–Crippen LogP) is 1.48. The molecule has 0 aromatic carbocycles. The van der Waals surface area contributed by atoms with Gasteiger partial charge in [-0.05, 0) is 13.8 Å². The lowest BCUT2D eigenvalue weighted by Crippen LogP contribution is -2.05. The summed E-state index contributed by atoms with van der Waals surface area (Å²) in [6.45, 7) is 6.32. The molecule has 4 nitrogen and oxygen atoms in total. The van der Waals surface area contributed by atoms with Crippen LogP contribution >= 0.6 is 0 Å². The Morgan fingerprint density at radius 3 is 2.38 bits per heavy atom. The standard InChI is InChI=1S/C9H12O4/c1-4-13-9(12)7(3)6(2)5-8(10)11/h4H,1,5H2,2-3H3,(H,10,11). The van der Waals surface area contributed by atoms with Crippen molar-refractivity contribution in [3.05, 3.63) is 24.0 Å². The fraction of sp³-hybridized carbons (Fsp3) is 0.333. The van der Waals surface area contributed by atoms with E-state index in [1.54, 1.807) is 6.92 Å². The van der Waals surface area contributed by atoms with Crippen molar-refractivity contribution < 1.29 is 19.4 Å². The smallest absolute Gasteiger partial charge is 0.338 e. The van der Waals surface area contributed by atoms with Crippen LogP contribution in [0.1, 0.15) is 20.3 Å². The SMILES string of the molecule is C=COC(=O)C(C)=C(C)CC(=O)O. The van der Waals surface area contributed by atoms with Crippen molar-refractivity contribution in [3.63, 3.8) is 0 Å². The van der Waals surface area contributed by atoms with Crippen LogP contribution in [0.15, 0.2) is 24.0 Å². The van der Waals surface area contributed by atoms with Crippen molar-refractivity contribution in [2.75, 3.05) is 0 Å². The second kappa shape index (κ2) is 5.13. The number of hydrogen-bond donors (Lipinski definition) is 1. The van der Waals surface area contributed by atoms with Crippen molar-refractivity contribution in [2.24, 2.45) is 0 Å². The Morgan fingerprint density at radius 2 is 2.00 bits per heavy atom. The van der Waals surface area contributed by atoms with Gasteiger partial charge >= 0.3 is 11.9 Å². The largest absolute Gasteiger partial charge is 0.481 e. The maximum atomic E-state index is 11.0. The molecule has 0 aromatic rings. The Labute approximate surface area is 76.5 Å². The van der Waals surface area contributed by atoms with Crippen LogP contribution in [-0.2, 0) is 14.3 Å². The number of hydrogen-bond acceptors (Lipinski definition) is 3. The third-order valence-electron chi connectivity index (χ3n) is 1.55. The van der Waals surface area contributed by atoms with Crippen molar-refractivity contribution in [3.8, 4) is 0 Å². The van der Waals surface area contributed by atoms with E-state index in [2.05, 4.69) is 11.3 Å². The molecule has 0 aliphatic rings. The maximum absolute atomic E-state index is 11.0. The first-order chi connectivity index (χ1) is 5.99. The molecular formula is C9H12O4. The molecule has 0 bridgehead atoms. The second-order valence-corrected chi connectivity index (χ2v) is 2.55. The number of carbonyl (C=O) groups excluding carboxylic acids is 1. The summed E-state index contributed by atoms with van der Waals surface area (Å²) in [5.74, 6) is -1.53. The number of aliphatic carboxylic acids is 1. The van der Waals surface area contributed by atoms with Gasteiger partial charge in [-0.15, -0.1) is 0 Å². The molecule has 0 atom stereocenters. The monoisotopic (exact) mass is 184 g/mol. The lowest BCUT2D eigenvalue weighted by molar-refractivity contribution is -0.136. The molecule has 13 heavy (non-hydrogen) atoms. The molecule has 0 heterocycles. The van der Waals surface area contributed by atoms with Crippen LogP contribution in [0.4, 0.5) is 0 Å². The molecule has 72 valence electrons. The Kier molecular flexibility index (Phi) is 4.51. The minimum absolute atomic E-state index is 0.155. The molecule has 0 saturated heterocycles. The van der Waals surface area contributed by atoms with E-state index in [-0.39, 0.29) is 6.42 Å². The average Bonchev–Trinajstić information content (AvgIpc) is 2.02. The molecule has 0 unspecified atom stereocenters. The number of ether oxygens (including phenoxy) is 1. The third-order valence-corrected chi connectivity index (χ3v) is 1.55. The van der Waals surface area contributed by atoms with Gasteiger partial charge < -0.3 is 9.84 Å². The van der Waals surface area contributed by atoms with Crippen LogP contribution in [0.2, 0.25) is 0 Å². The fourth-order valence-electron chi connectivity index (χ4n) is 0.698. The highest BCUT2D eigenvalue weighted by molar-refractivity contribution is 5.90. The highest BCUT2D eigenvalue weighted by atomic mass is 16.5. The topological polar surface area (TPSA) is 63.6 Å². The number of carbonyl (C=O) groups is 2. The van der Waals surface area contributed by atoms with E-state index in [4.69, 9.17) is 5.11 Å². The van der Waals surface area contributed by atoms with Crippen LogP contribution in [0.5, 0.6) is 0 Å². The van der Waals surface area contributed by atoms with Crippen LogP contribution in [0, 0.1) is 0 Å². The zero-order valence-corrected chi connectivity index (χ0v) is 7.66. The molecule has 0 aliphatic carbocycles. The predicted molar refractivity (Wildman–Crippen MR) is 46.9 cm³/mol. The van der Waals surface area contributed by atoms with Gasteiger partial charge in [0.25, 0.3) is 0 Å². The number of rotatable bonds is 4. The summed E-state index contributed by atoms with van der Waals surface area (Å²) in [6.07, 6.45) is 0.859. The zero-order chi connectivity index (χ0) is 10.4. The number of carboxylic acids is 1. The summed E-state index contributed by atoms with van der Waals surface area (Å²) in [4.78, 5) is 21.3. The van der Waals surface area contributed by atoms with Crippen LogP contribution in [0.3, 0.4) is 0 Å². The normalized spacial score (nSPS) is 11.5. The maximum Gasteiger partial charge on any atom is 0.338 e. The highest BCUT2D eigenvalue weighted by Gasteiger charge is 2.10. The zero-order valence-electron chi connectivity index (χ0n) is 7.66. The van der Waals surface area contributed by atoms with Crippen molar-refractivity contribution >= 4 is 11.9 Å². The molecule has 1 N–H and O–H groups in total. The molecule has 0 aliphatic heterocycles. The van der Waals surface area contributed by atoms with E-state index >= 15 is 0 Å². The van der Waals surface area contributed by atoms with Gasteiger partial charge in [-0.25, -0.2) is 4.79 Å². The second-order valence-electron chi connectivity index (χ2n) is 2.55. The minimum atomic E-state index is -0.969. The van der Waals surface area contributed by atoms with E-state index < -0.39 is 11.9 Å². The van der Waals surface area contributed by atoms with Crippen LogP contribution in [-0.4, -0.2) is 17.0 Å². The van der Waals surface area contributed by atoms with Gasteiger partial charge in [0, 0.05) is 5.57 Å². The van der Waals surface area contributed by atoms with Gasteiger partial charge in [-0.1, -0.05) is 12.2 Å². The Morgan fingerprint density at radius 1 is 1.46 bits per heavy atom. The molecule has 0 rings (SSSR count). The quantitative estimate of drug-likeness (QED) is 0.408. The van der Waals surface area contributed by atoms with E-state index in [1.165, 1.54) is 6.92 Å². The average molecular weight is 184 g/mol. The van der Waals surface area contributed by atoms with Crippen molar-refractivity contribution in [2.45, 2.75) is 20.3 Å². The molecule has 0 fully saturated rings. The Bertz CT molecular complexity index is 263. The molecule has 4 heteroatoms. The van der Waals surface area contributed by atoms with Gasteiger partial charge in [-0.3, -0.25) is 4.79 Å².